The number of carbonyl (C=O) groups is 1. The number of aromatic nitrogens is 1. The van der Waals surface area contributed by atoms with Crippen molar-refractivity contribution in [1.29, 1.82) is 0 Å². The van der Waals surface area contributed by atoms with Gasteiger partial charge in [-0.2, -0.15) is 0 Å². The number of esters is 1. The number of nitrogens with zero attached hydrogens (tertiary/aromatic N) is 1. The number of rotatable bonds is 4. The number of carbonyl (C=O) groups excluding carboxylic acids is 1. The van der Waals surface area contributed by atoms with Gasteiger partial charge in [-0.1, -0.05) is 6.92 Å². The van der Waals surface area contributed by atoms with E-state index in [2.05, 4.69) is 35.8 Å². The predicted octanol–water partition coefficient (Wildman–Crippen LogP) is 2.05. The molecule has 0 radical (unpaired) electrons. The van der Waals surface area contributed by atoms with Crippen molar-refractivity contribution in [3.8, 4) is 0 Å². The Kier molecular flexibility index (Phi) is 3.93. The highest BCUT2D eigenvalue weighted by atomic mass is 16.5. The summed E-state index contributed by atoms with van der Waals surface area (Å²) in [5, 5.41) is 3.24. The van der Waals surface area contributed by atoms with Crippen LogP contribution in [0.25, 0.3) is 0 Å². The lowest BCUT2D eigenvalue weighted by atomic mass is 10.0. The summed E-state index contributed by atoms with van der Waals surface area (Å²) in [6, 6.07) is 1.61. The van der Waals surface area contributed by atoms with Gasteiger partial charge in [0.1, 0.15) is 5.82 Å². The summed E-state index contributed by atoms with van der Waals surface area (Å²) in [6.07, 6.45) is 2.40. The second kappa shape index (κ2) is 5.03. The third-order valence-electron chi connectivity index (χ3n) is 2.69. The van der Waals surface area contributed by atoms with Crippen molar-refractivity contribution in [2.45, 2.75) is 32.7 Å². The molecule has 1 aromatic rings. The second-order valence-corrected chi connectivity index (χ2v) is 4.51. The van der Waals surface area contributed by atoms with Crippen LogP contribution in [0.5, 0.6) is 0 Å². The van der Waals surface area contributed by atoms with Gasteiger partial charge in [0.25, 0.3) is 0 Å². The maximum absolute atomic E-state index is 11.5. The largest absolute Gasteiger partial charge is 0.465 e. The quantitative estimate of drug-likeness (QED) is 0.784. The van der Waals surface area contributed by atoms with Crippen LogP contribution in [0, 0.1) is 0 Å². The maximum atomic E-state index is 11.5. The normalized spacial score (nSPS) is 11.1. The number of pyridine rings is 1. The summed E-state index contributed by atoms with van der Waals surface area (Å²) < 4.78 is 4.65. The molecule has 5 heteroatoms. The van der Waals surface area contributed by atoms with Gasteiger partial charge in [0.2, 0.25) is 0 Å². The number of ether oxygens (including phenoxy) is 1. The van der Waals surface area contributed by atoms with Gasteiger partial charge in [-0.25, -0.2) is 9.78 Å². The minimum absolute atomic E-state index is 0.0868. The zero-order chi connectivity index (χ0) is 13.1. The zero-order valence-corrected chi connectivity index (χ0v) is 10.7. The van der Waals surface area contributed by atoms with Crippen LogP contribution in [0.3, 0.4) is 0 Å². The Morgan fingerprint density at radius 1 is 1.59 bits per heavy atom. The minimum atomic E-state index is -0.456. The Hall–Kier alpha value is -1.78. The number of methoxy groups -OCH3 is 1. The first kappa shape index (κ1) is 13.3. The van der Waals surface area contributed by atoms with E-state index in [4.69, 9.17) is 5.73 Å². The molecule has 0 fully saturated rings. The van der Waals surface area contributed by atoms with Crippen LogP contribution in [0.1, 0.15) is 37.6 Å². The molecule has 0 aromatic carbocycles. The monoisotopic (exact) mass is 237 g/mol. The molecule has 5 nitrogen and oxygen atoms in total. The van der Waals surface area contributed by atoms with Gasteiger partial charge in [-0.15, -0.1) is 0 Å². The van der Waals surface area contributed by atoms with Gasteiger partial charge in [-0.05, 0) is 26.3 Å². The fourth-order valence-electron chi connectivity index (χ4n) is 1.26. The number of nitrogens with two attached hydrogens (primary N) is 1. The molecule has 0 spiro atoms. The number of hydrogen-bond donors (Lipinski definition) is 2. The van der Waals surface area contributed by atoms with E-state index in [0.29, 0.717) is 17.1 Å². The molecule has 94 valence electrons. The number of nitrogen functional groups attached to an aromatic ring is 1. The first-order valence-corrected chi connectivity index (χ1v) is 5.51. The van der Waals surface area contributed by atoms with Crippen molar-refractivity contribution in [1.82, 2.24) is 4.98 Å². The van der Waals surface area contributed by atoms with E-state index >= 15 is 0 Å². The molecule has 0 unspecified atom stereocenters. The van der Waals surface area contributed by atoms with Crippen LogP contribution in [0.15, 0.2) is 12.3 Å². The summed E-state index contributed by atoms with van der Waals surface area (Å²) >= 11 is 0. The van der Waals surface area contributed by atoms with Crippen molar-refractivity contribution in [2.75, 3.05) is 18.2 Å². The van der Waals surface area contributed by atoms with Crippen LogP contribution in [-0.4, -0.2) is 23.6 Å². The first-order chi connectivity index (χ1) is 7.89. The van der Waals surface area contributed by atoms with Gasteiger partial charge in [0.05, 0.1) is 24.6 Å². The number of nitrogens with one attached hydrogen (secondary N) is 1. The Morgan fingerprint density at radius 3 is 2.76 bits per heavy atom. The molecule has 0 aliphatic heterocycles. The average Bonchev–Trinajstić information content (AvgIpc) is 2.30. The summed E-state index contributed by atoms with van der Waals surface area (Å²) in [7, 11) is 1.32. The summed E-state index contributed by atoms with van der Waals surface area (Å²) in [6.45, 7) is 6.19. The van der Waals surface area contributed by atoms with Crippen molar-refractivity contribution in [2.24, 2.45) is 0 Å². The third-order valence-corrected chi connectivity index (χ3v) is 2.69. The molecule has 0 bridgehead atoms. The molecule has 1 heterocycles. The lowest BCUT2D eigenvalue weighted by Crippen LogP contribution is -2.30. The summed E-state index contributed by atoms with van der Waals surface area (Å²) in [5.41, 5.74) is 6.23. The maximum Gasteiger partial charge on any atom is 0.340 e. The first-order valence-electron chi connectivity index (χ1n) is 5.51. The molecule has 0 aliphatic rings. The van der Waals surface area contributed by atoms with Crippen molar-refractivity contribution >= 4 is 17.5 Å². The van der Waals surface area contributed by atoms with Gasteiger partial charge in [0.15, 0.2) is 0 Å². The van der Waals surface area contributed by atoms with Crippen molar-refractivity contribution < 1.29 is 9.53 Å². The smallest absolute Gasteiger partial charge is 0.340 e. The molecule has 1 rings (SSSR count). The minimum Gasteiger partial charge on any atom is -0.465 e. The Bertz CT molecular complexity index is 416. The van der Waals surface area contributed by atoms with E-state index in [0.717, 1.165) is 6.42 Å². The van der Waals surface area contributed by atoms with Crippen molar-refractivity contribution in [3.63, 3.8) is 0 Å². The van der Waals surface area contributed by atoms with Crippen molar-refractivity contribution in [3.05, 3.63) is 17.8 Å². The standard InChI is InChI=1S/C12H19N3O2/c1-5-12(2,3)15-10-6-8(11(16)17-4)9(13)7-14-10/h6-7H,5,13H2,1-4H3,(H,14,15). The fraction of sp³-hybridized carbons (Fsp3) is 0.500. The van der Waals surface area contributed by atoms with Gasteiger partial charge in [0, 0.05) is 5.54 Å². The Labute approximate surface area is 101 Å². The highest BCUT2D eigenvalue weighted by molar-refractivity contribution is 5.95. The Balaban J connectivity index is 3.01. The lowest BCUT2D eigenvalue weighted by molar-refractivity contribution is 0.0602. The number of anilines is 2. The molecule has 17 heavy (non-hydrogen) atoms. The molecule has 0 amide bonds. The van der Waals surface area contributed by atoms with Gasteiger partial charge < -0.3 is 15.8 Å². The highest BCUT2D eigenvalue weighted by Gasteiger charge is 2.17. The third kappa shape index (κ3) is 3.34. The van der Waals surface area contributed by atoms with Crippen LogP contribution in [-0.2, 0) is 4.74 Å². The van der Waals surface area contributed by atoms with E-state index in [1.54, 1.807) is 6.07 Å². The molecule has 0 atom stereocenters. The molecule has 1 aromatic heterocycles. The topological polar surface area (TPSA) is 77.2 Å². The Morgan fingerprint density at radius 2 is 2.24 bits per heavy atom. The summed E-state index contributed by atoms with van der Waals surface area (Å²) in [5.74, 6) is 0.161. The summed E-state index contributed by atoms with van der Waals surface area (Å²) in [4.78, 5) is 15.6. The fourth-order valence-corrected chi connectivity index (χ4v) is 1.26. The van der Waals surface area contributed by atoms with Crippen LogP contribution >= 0.6 is 0 Å². The molecule has 3 N–H and O–H groups in total. The second-order valence-electron chi connectivity index (χ2n) is 4.51. The van der Waals surface area contributed by atoms with E-state index in [1.165, 1.54) is 13.3 Å². The highest BCUT2D eigenvalue weighted by Crippen LogP contribution is 2.20. The number of hydrogen-bond acceptors (Lipinski definition) is 5. The molecular weight excluding hydrogens is 218 g/mol. The van der Waals surface area contributed by atoms with E-state index < -0.39 is 5.97 Å². The van der Waals surface area contributed by atoms with Crippen LogP contribution in [0.2, 0.25) is 0 Å². The van der Waals surface area contributed by atoms with E-state index in [-0.39, 0.29) is 5.54 Å². The predicted molar refractivity (Wildman–Crippen MR) is 68.0 cm³/mol. The van der Waals surface area contributed by atoms with E-state index in [1.807, 2.05) is 0 Å². The average molecular weight is 237 g/mol. The SMILES string of the molecule is CCC(C)(C)Nc1cc(C(=O)OC)c(N)cn1. The molecule has 0 aliphatic carbocycles. The lowest BCUT2D eigenvalue weighted by Gasteiger charge is -2.25. The molecular formula is C12H19N3O2. The van der Waals surface area contributed by atoms with Crippen LogP contribution < -0.4 is 11.1 Å². The van der Waals surface area contributed by atoms with Crippen LogP contribution in [0.4, 0.5) is 11.5 Å². The zero-order valence-electron chi connectivity index (χ0n) is 10.7. The van der Waals surface area contributed by atoms with Gasteiger partial charge in [-0.3, -0.25) is 0 Å². The van der Waals surface area contributed by atoms with E-state index in [9.17, 15) is 4.79 Å². The van der Waals surface area contributed by atoms with Gasteiger partial charge >= 0.3 is 5.97 Å². The molecule has 0 saturated carbocycles. The molecule has 0 saturated heterocycles.